The van der Waals surface area contributed by atoms with Crippen molar-refractivity contribution in [2.45, 2.75) is 0 Å². The zero-order chi connectivity index (χ0) is 10.9. The number of nitriles is 1. The van der Waals surface area contributed by atoms with Gasteiger partial charge in [0.2, 0.25) is 5.76 Å². The van der Waals surface area contributed by atoms with Crippen LogP contribution in [0.15, 0.2) is 59.7 Å². The maximum Gasteiger partial charge on any atom is 0.203 e. The van der Waals surface area contributed by atoms with E-state index in [4.69, 9.17) is 5.26 Å². The van der Waals surface area contributed by atoms with Gasteiger partial charge in [-0.15, -0.1) is 0 Å². The molecule has 1 aromatic heterocycles. The van der Waals surface area contributed by atoms with Crippen molar-refractivity contribution in [1.82, 2.24) is 0 Å². The molecule has 0 saturated carbocycles. The van der Waals surface area contributed by atoms with Crippen LogP contribution >= 0.6 is 0 Å². The Bertz CT molecular complexity index is 423. The van der Waals surface area contributed by atoms with Crippen LogP contribution in [0.1, 0.15) is 11.3 Å². The summed E-state index contributed by atoms with van der Waals surface area (Å²) in [4.78, 5) is 0. The predicted molar refractivity (Wildman–Crippen MR) is 60.0 cm³/mol. The Labute approximate surface area is 89.1 Å². The zero-order valence-corrected chi connectivity index (χ0v) is 8.26. The van der Waals surface area contributed by atoms with Gasteiger partial charge in [-0.1, -0.05) is 43.0 Å². The van der Waals surface area contributed by atoms with Gasteiger partial charge < -0.3 is 4.42 Å². The average molecular weight is 197 g/mol. The zero-order valence-electron chi connectivity index (χ0n) is 8.26. The molecule has 0 unspecified atom stereocenters. The van der Waals surface area contributed by atoms with Crippen molar-refractivity contribution in [3.05, 3.63) is 66.6 Å². The second-order valence-electron chi connectivity index (χ2n) is 2.70. The fraction of sp³-hybridized carbons (Fsp3) is 0. The normalized spacial score (nSPS) is 8.20. The van der Waals surface area contributed by atoms with Gasteiger partial charge in [-0.05, 0) is 17.7 Å². The molecule has 0 spiro atoms. The van der Waals surface area contributed by atoms with Crippen LogP contribution in [0.5, 0.6) is 0 Å². The maximum absolute atomic E-state index is 8.08. The highest BCUT2D eigenvalue weighted by Gasteiger charge is 1.84. The van der Waals surface area contributed by atoms with Crippen molar-refractivity contribution in [3.8, 4) is 6.07 Å². The molecule has 0 saturated heterocycles. The number of rotatable bonds is 1. The van der Waals surface area contributed by atoms with Gasteiger partial charge in [-0.2, -0.15) is 5.26 Å². The second-order valence-corrected chi connectivity index (χ2v) is 2.70. The van der Waals surface area contributed by atoms with Crippen LogP contribution in [-0.2, 0) is 0 Å². The fourth-order valence-electron chi connectivity index (χ4n) is 0.931. The van der Waals surface area contributed by atoms with E-state index in [1.807, 2.05) is 42.5 Å². The summed E-state index contributed by atoms with van der Waals surface area (Å²) >= 11 is 0. The molecule has 1 aromatic carbocycles. The minimum absolute atomic E-state index is 0.361. The van der Waals surface area contributed by atoms with Gasteiger partial charge in [-0.3, -0.25) is 0 Å². The van der Waals surface area contributed by atoms with Gasteiger partial charge in [0.25, 0.3) is 0 Å². The topological polar surface area (TPSA) is 36.9 Å². The molecule has 15 heavy (non-hydrogen) atoms. The Morgan fingerprint density at radius 2 is 1.87 bits per heavy atom. The van der Waals surface area contributed by atoms with Gasteiger partial charge in [0.05, 0.1) is 6.26 Å². The van der Waals surface area contributed by atoms with Gasteiger partial charge in [0, 0.05) is 0 Å². The summed E-state index contributed by atoms with van der Waals surface area (Å²) in [6.07, 6.45) is 3.30. The van der Waals surface area contributed by atoms with E-state index in [-0.39, 0.29) is 0 Å². The summed E-state index contributed by atoms with van der Waals surface area (Å²) in [5.74, 6) is 0.361. The Morgan fingerprint density at radius 1 is 1.13 bits per heavy atom. The number of nitrogens with zero attached hydrogens (tertiary/aromatic N) is 1. The second kappa shape index (κ2) is 6.22. The SMILES string of the molecule is C=Cc1ccccc1.N#Cc1ccco1. The molecule has 0 atom stereocenters. The molecule has 0 radical (unpaired) electrons. The third-order valence-corrected chi connectivity index (χ3v) is 1.67. The van der Waals surface area contributed by atoms with E-state index < -0.39 is 0 Å². The predicted octanol–water partition coefficient (Wildman–Crippen LogP) is 3.48. The van der Waals surface area contributed by atoms with Crippen molar-refractivity contribution in [2.24, 2.45) is 0 Å². The van der Waals surface area contributed by atoms with E-state index >= 15 is 0 Å². The first kappa shape index (κ1) is 10.8. The monoisotopic (exact) mass is 197 g/mol. The number of hydrogen-bond acceptors (Lipinski definition) is 2. The molecule has 0 amide bonds. The van der Waals surface area contributed by atoms with Crippen molar-refractivity contribution in [1.29, 1.82) is 5.26 Å². The Morgan fingerprint density at radius 3 is 2.20 bits per heavy atom. The number of hydrogen-bond donors (Lipinski definition) is 0. The van der Waals surface area contributed by atoms with Crippen molar-refractivity contribution < 1.29 is 4.42 Å². The van der Waals surface area contributed by atoms with Crippen molar-refractivity contribution in [2.75, 3.05) is 0 Å². The lowest BCUT2D eigenvalue weighted by molar-refractivity contribution is 0.553. The Balaban J connectivity index is 0.000000151. The molecule has 0 fully saturated rings. The van der Waals surface area contributed by atoms with E-state index in [0.717, 1.165) is 0 Å². The van der Waals surface area contributed by atoms with Crippen molar-refractivity contribution in [3.63, 3.8) is 0 Å². The summed E-state index contributed by atoms with van der Waals surface area (Å²) in [5.41, 5.74) is 1.17. The largest absolute Gasteiger partial charge is 0.454 e. The molecule has 0 aliphatic carbocycles. The van der Waals surface area contributed by atoms with E-state index in [0.29, 0.717) is 5.76 Å². The van der Waals surface area contributed by atoms with Crippen molar-refractivity contribution >= 4 is 6.08 Å². The molecular formula is C13H11NO. The summed E-state index contributed by atoms with van der Waals surface area (Å²) < 4.78 is 4.62. The molecule has 0 N–H and O–H groups in total. The molecule has 74 valence electrons. The molecule has 0 aliphatic heterocycles. The first-order valence-corrected chi connectivity index (χ1v) is 4.48. The van der Waals surface area contributed by atoms with Crippen LogP contribution < -0.4 is 0 Å². The molecule has 2 heteroatoms. The standard InChI is InChI=1S/C8H8.C5H3NO/c1-2-8-6-4-3-5-7-8;6-4-5-2-1-3-7-5/h2-7H,1H2;1-3H. The summed E-state index contributed by atoms with van der Waals surface area (Å²) in [6, 6.07) is 15.2. The van der Waals surface area contributed by atoms with Gasteiger partial charge >= 0.3 is 0 Å². The van der Waals surface area contributed by atoms with Crippen LogP contribution in [0.25, 0.3) is 6.08 Å². The van der Waals surface area contributed by atoms with Gasteiger partial charge in [-0.25, -0.2) is 0 Å². The average Bonchev–Trinajstić information content (AvgIpc) is 2.84. The molecule has 0 bridgehead atoms. The molecule has 2 rings (SSSR count). The smallest absolute Gasteiger partial charge is 0.203 e. The molecule has 0 aliphatic rings. The highest BCUT2D eigenvalue weighted by Crippen LogP contribution is 1.97. The number of benzene rings is 1. The van der Waals surface area contributed by atoms with Gasteiger partial charge in [0.1, 0.15) is 6.07 Å². The highest BCUT2D eigenvalue weighted by atomic mass is 16.3. The van der Waals surface area contributed by atoms with Crippen LogP contribution in [0.2, 0.25) is 0 Å². The van der Waals surface area contributed by atoms with Crippen LogP contribution in [0, 0.1) is 11.3 Å². The summed E-state index contributed by atoms with van der Waals surface area (Å²) in [7, 11) is 0. The third-order valence-electron chi connectivity index (χ3n) is 1.67. The molecule has 2 aromatic rings. The van der Waals surface area contributed by atoms with Gasteiger partial charge in [0.15, 0.2) is 0 Å². The third kappa shape index (κ3) is 3.97. The Hall–Kier alpha value is -2.27. The lowest BCUT2D eigenvalue weighted by atomic mass is 10.2. The van der Waals surface area contributed by atoms with E-state index in [2.05, 4.69) is 11.0 Å². The molecular weight excluding hydrogens is 186 g/mol. The first-order chi connectivity index (χ1) is 7.36. The lowest BCUT2D eigenvalue weighted by Crippen LogP contribution is -1.63. The minimum atomic E-state index is 0.361. The molecule has 1 heterocycles. The minimum Gasteiger partial charge on any atom is -0.454 e. The van der Waals surface area contributed by atoms with Crippen LogP contribution in [0.4, 0.5) is 0 Å². The van der Waals surface area contributed by atoms with Crippen LogP contribution in [-0.4, -0.2) is 0 Å². The fourth-order valence-corrected chi connectivity index (χ4v) is 0.931. The van der Waals surface area contributed by atoms with Crippen LogP contribution in [0.3, 0.4) is 0 Å². The van der Waals surface area contributed by atoms with E-state index in [9.17, 15) is 0 Å². The highest BCUT2D eigenvalue weighted by molar-refractivity contribution is 5.45. The first-order valence-electron chi connectivity index (χ1n) is 4.48. The quantitative estimate of drug-likeness (QED) is 0.701. The summed E-state index contributed by atoms with van der Waals surface area (Å²) in [6.45, 7) is 3.63. The number of furan rings is 1. The lowest BCUT2D eigenvalue weighted by Gasteiger charge is -1.85. The maximum atomic E-state index is 8.08. The van der Waals surface area contributed by atoms with E-state index in [1.54, 1.807) is 12.1 Å². The van der Waals surface area contributed by atoms with E-state index in [1.165, 1.54) is 11.8 Å². The molecule has 2 nitrogen and oxygen atoms in total. The Kier molecular flexibility index (Phi) is 4.49. The summed E-state index contributed by atoms with van der Waals surface area (Å²) in [5, 5.41) is 8.08.